The Morgan fingerprint density at radius 3 is 2.64 bits per heavy atom. The third-order valence-electron chi connectivity index (χ3n) is 2.56. The summed E-state index contributed by atoms with van der Waals surface area (Å²) in [6.07, 6.45) is 5.14. The number of nitrogens with zero attached hydrogens (tertiary/aromatic N) is 3. The van der Waals surface area contributed by atoms with Crippen molar-refractivity contribution in [3.8, 4) is 11.9 Å². The lowest BCUT2D eigenvalue weighted by molar-refractivity contribution is 0.328. The average Bonchev–Trinajstić information content (AvgIpc) is 2.54. The van der Waals surface area contributed by atoms with Gasteiger partial charge in [0.1, 0.15) is 12.4 Å². The summed E-state index contributed by atoms with van der Waals surface area (Å²) >= 11 is 5.80. The van der Waals surface area contributed by atoms with Crippen LogP contribution in [-0.2, 0) is 0 Å². The average molecular weight is 316 g/mol. The Hall–Kier alpha value is -2.78. The van der Waals surface area contributed by atoms with Crippen molar-refractivity contribution in [2.75, 3.05) is 18.5 Å². The molecule has 1 aromatic carbocycles. The minimum absolute atomic E-state index is 0.355. The highest BCUT2D eigenvalue weighted by atomic mass is 35.5. The zero-order chi connectivity index (χ0) is 15.6. The first kappa shape index (κ1) is 15.6. The number of aromatic nitrogens is 1. The SMILES string of the molecule is N#CNC(=NCCOc1ccc(Cl)cc1)Nc1ccncc1. The van der Waals surface area contributed by atoms with Crippen molar-refractivity contribution in [3.63, 3.8) is 0 Å². The van der Waals surface area contributed by atoms with Gasteiger partial charge in [0.05, 0.1) is 6.54 Å². The van der Waals surface area contributed by atoms with E-state index in [0.29, 0.717) is 24.1 Å². The highest BCUT2D eigenvalue weighted by Gasteiger charge is 1.99. The van der Waals surface area contributed by atoms with Crippen molar-refractivity contribution in [1.29, 1.82) is 5.26 Å². The lowest BCUT2D eigenvalue weighted by atomic mass is 10.3. The van der Waals surface area contributed by atoms with Crippen molar-refractivity contribution >= 4 is 23.2 Å². The molecule has 0 aliphatic carbocycles. The van der Waals surface area contributed by atoms with E-state index in [1.54, 1.807) is 48.8 Å². The number of pyridine rings is 1. The lowest BCUT2D eigenvalue weighted by Crippen LogP contribution is -2.27. The largest absolute Gasteiger partial charge is 0.492 e. The Morgan fingerprint density at radius 2 is 1.95 bits per heavy atom. The monoisotopic (exact) mass is 315 g/mol. The zero-order valence-corrected chi connectivity index (χ0v) is 12.4. The molecule has 0 aliphatic rings. The van der Waals surface area contributed by atoms with Crippen molar-refractivity contribution in [3.05, 3.63) is 53.8 Å². The van der Waals surface area contributed by atoms with E-state index in [1.165, 1.54) is 0 Å². The van der Waals surface area contributed by atoms with Crippen LogP contribution in [0.2, 0.25) is 5.02 Å². The van der Waals surface area contributed by atoms with Crippen LogP contribution < -0.4 is 15.4 Å². The molecule has 0 amide bonds. The molecule has 0 bridgehead atoms. The molecule has 0 aliphatic heterocycles. The molecule has 0 saturated heterocycles. The van der Waals surface area contributed by atoms with Crippen LogP contribution in [0, 0.1) is 11.5 Å². The molecule has 0 fully saturated rings. The van der Waals surface area contributed by atoms with Gasteiger partial charge in [-0.15, -0.1) is 0 Å². The maximum atomic E-state index is 8.74. The molecule has 0 saturated carbocycles. The van der Waals surface area contributed by atoms with Crippen molar-refractivity contribution in [2.45, 2.75) is 0 Å². The Labute approximate surface area is 133 Å². The number of nitrogens with one attached hydrogen (secondary N) is 2. The number of hydrogen-bond donors (Lipinski definition) is 2. The van der Waals surface area contributed by atoms with Crippen LogP contribution in [0.3, 0.4) is 0 Å². The highest BCUT2D eigenvalue weighted by Crippen LogP contribution is 2.15. The Kier molecular flexibility index (Phi) is 6.03. The van der Waals surface area contributed by atoms with Crippen LogP contribution >= 0.6 is 11.6 Å². The minimum Gasteiger partial charge on any atom is -0.492 e. The first-order valence-electron chi connectivity index (χ1n) is 6.53. The van der Waals surface area contributed by atoms with Crippen LogP contribution in [-0.4, -0.2) is 24.1 Å². The summed E-state index contributed by atoms with van der Waals surface area (Å²) in [7, 11) is 0. The highest BCUT2D eigenvalue weighted by molar-refractivity contribution is 6.30. The number of halogens is 1. The molecular formula is C15H14ClN5O. The standard InChI is InChI=1S/C15H14ClN5O/c16-12-1-3-14(4-2-12)22-10-9-19-15(20-11-17)21-13-5-7-18-8-6-13/h1-8H,9-10H2,(H2,18,19,20,21). The Bertz CT molecular complexity index is 652. The number of hydrogen-bond acceptors (Lipinski definition) is 4. The molecule has 0 unspecified atom stereocenters. The second-order valence-corrected chi connectivity index (χ2v) is 4.57. The number of rotatable bonds is 5. The number of ether oxygens (including phenoxy) is 1. The van der Waals surface area contributed by atoms with E-state index in [1.807, 2.05) is 6.19 Å². The number of aliphatic imine (C=N–C) groups is 1. The third-order valence-corrected chi connectivity index (χ3v) is 2.81. The number of guanidine groups is 1. The summed E-state index contributed by atoms with van der Waals surface area (Å²) in [5, 5.41) is 14.9. The molecule has 6 nitrogen and oxygen atoms in total. The normalized spacial score (nSPS) is 10.6. The van der Waals surface area contributed by atoms with E-state index in [9.17, 15) is 0 Å². The molecule has 1 aromatic heterocycles. The van der Waals surface area contributed by atoms with Gasteiger partial charge in [-0.05, 0) is 36.4 Å². The molecular weight excluding hydrogens is 302 g/mol. The van der Waals surface area contributed by atoms with E-state index >= 15 is 0 Å². The van der Waals surface area contributed by atoms with E-state index < -0.39 is 0 Å². The van der Waals surface area contributed by atoms with Gasteiger partial charge in [-0.1, -0.05) is 11.6 Å². The molecule has 22 heavy (non-hydrogen) atoms. The summed E-state index contributed by atoms with van der Waals surface area (Å²) in [5.41, 5.74) is 0.787. The second kappa shape index (κ2) is 8.49. The summed E-state index contributed by atoms with van der Waals surface area (Å²) in [6.45, 7) is 0.779. The zero-order valence-electron chi connectivity index (χ0n) is 11.7. The number of nitriles is 1. The van der Waals surface area contributed by atoms with E-state index in [2.05, 4.69) is 20.6 Å². The molecule has 0 spiro atoms. The third kappa shape index (κ3) is 5.31. The van der Waals surface area contributed by atoms with E-state index in [0.717, 1.165) is 11.4 Å². The van der Waals surface area contributed by atoms with Crippen LogP contribution in [0.25, 0.3) is 0 Å². The van der Waals surface area contributed by atoms with Crippen LogP contribution in [0.4, 0.5) is 5.69 Å². The first-order chi connectivity index (χ1) is 10.8. The molecule has 0 atom stereocenters. The van der Waals surface area contributed by atoms with Gasteiger partial charge in [-0.25, -0.2) is 4.99 Å². The van der Waals surface area contributed by atoms with Crippen molar-refractivity contribution < 1.29 is 4.74 Å². The van der Waals surface area contributed by atoms with Gasteiger partial charge in [-0.2, -0.15) is 5.26 Å². The van der Waals surface area contributed by atoms with Gasteiger partial charge >= 0.3 is 0 Å². The van der Waals surface area contributed by atoms with Gasteiger partial charge in [0.15, 0.2) is 6.19 Å². The van der Waals surface area contributed by atoms with Crippen LogP contribution in [0.5, 0.6) is 5.75 Å². The molecule has 2 aromatic rings. The number of anilines is 1. The van der Waals surface area contributed by atoms with E-state index in [-0.39, 0.29) is 0 Å². The Balaban J connectivity index is 1.85. The second-order valence-electron chi connectivity index (χ2n) is 4.13. The fraction of sp³-hybridized carbons (Fsp3) is 0.133. The maximum absolute atomic E-state index is 8.74. The molecule has 2 rings (SSSR count). The maximum Gasteiger partial charge on any atom is 0.209 e. The number of benzene rings is 1. The fourth-order valence-electron chi connectivity index (χ4n) is 1.59. The summed E-state index contributed by atoms with van der Waals surface area (Å²) in [6, 6.07) is 10.6. The van der Waals surface area contributed by atoms with E-state index in [4.69, 9.17) is 21.6 Å². The van der Waals surface area contributed by atoms with Crippen molar-refractivity contribution in [2.24, 2.45) is 4.99 Å². The Morgan fingerprint density at radius 1 is 1.23 bits per heavy atom. The van der Waals surface area contributed by atoms with Crippen molar-refractivity contribution in [1.82, 2.24) is 10.3 Å². The predicted molar refractivity (Wildman–Crippen MR) is 85.9 cm³/mol. The lowest BCUT2D eigenvalue weighted by Gasteiger charge is -2.08. The van der Waals surface area contributed by atoms with Gasteiger partial charge in [-0.3, -0.25) is 10.3 Å². The quantitative estimate of drug-likeness (QED) is 0.291. The van der Waals surface area contributed by atoms with Crippen LogP contribution in [0.15, 0.2) is 53.8 Å². The van der Waals surface area contributed by atoms with Gasteiger partial charge < -0.3 is 10.1 Å². The summed E-state index contributed by atoms with van der Waals surface area (Å²) in [4.78, 5) is 8.16. The smallest absolute Gasteiger partial charge is 0.209 e. The topological polar surface area (TPSA) is 82.3 Å². The fourth-order valence-corrected chi connectivity index (χ4v) is 1.71. The first-order valence-corrected chi connectivity index (χ1v) is 6.90. The molecule has 112 valence electrons. The molecule has 1 heterocycles. The molecule has 0 radical (unpaired) electrons. The molecule has 7 heteroatoms. The van der Waals surface area contributed by atoms with Gasteiger partial charge in [0, 0.05) is 23.1 Å². The molecule has 2 N–H and O–H groups in total. The van der Waals surface area contributed by atoms with Gasteiger partial charge in [0.2, 0.25) is 5.96 Å². The van der Waals surface area contributed by atoms with Gasteiger partial charge in [0.25, 0.3) is 0 Å². The summed E-state index contributed by atoms with van der Waals surface area (Å²) < 4.78 is 5.53. The van der Waals surface area contributed by atoms with Crippen LogP contribution in [0.1, 0.15) is 0 Å². The minimum atomic E-state index is 0.355. The summed E-state index contributed by atoms with van der Waals surface area (Å²) in [5.74, 6) is 1.07. The predicted octanol–water partition coefficient (Wildman–Crippen LogP) is 2.65.